The molecule has 1 aliphatic carbocycles. The van der Waals surface area contributed by atoms with Gasteiger partial charge in [0.25, 0.3) is 0 Å². The predicted octanol–water partition coefficient (Wildman–Crippen LogP) is 1.41. The Labute approximate surface area is 74.6 Å². The largest absolute Gasteiger partial charge is 0.396 e. The van der Waals surface area contributed by atoms with Crippen LogP contribution in [0, 0.1) is 17.8 Å². The summed E-state index contributed by atoms with van der Waals surface area (Å²) in [4.78, 5) is 0. The smallest absolute Gasteiger partial charge is 0.0623 e. The third kappa shape index (κ3) is 1.80. The van der Waals surface area contributed by atoms with Gasteiger partial charge < -0.3 is 10.2 Å². The second-order valence-corrected chi connectivity index (χ2v) is 4.66. The first-order valence-electron chi connectivity index (χ1n) is 4.80. The van der Waals surface area contributed by atoms with Crippen LogP contribution in [-0.2, 0) is 0 Å². The van der Waals surface area contributed by atoms with E-state index in [1.807, 2.05) is 13.8 Å². The lowest BCUT2D eigenvalue weighted by atomic mass is 9.81. The van der Waals surface area contributed by atoms with Gasteiger partial charge in [-0.3, -0.25) is 0 Å². The van der Waals surface area contributed by atoms with Gasteiger partial charge in [0.2, 0.25) is 0 Å². The van der Waals surface area contributed by atoms with Crippen LogP contribution in [0.4, 0.5) is 0 Å². The van der Waals surface area contributed by atoms with Crippen molar-refractivity contribution >= 4 is 0 Å². The number of hydrogen-bond acceptors (Lipinski definition) is 2. The predicted molar refractivity (Wildman–Crippen MR) is 48.8 cm³/mol. The van der Waals surface area contributed by atoms with E-state index in [1.165, 1.54) is 0 Å². The van der Waals surface area contributed by atoms with E-state index in [9.17, 15) is 5.11 Å². The van der Waals surface area contributed by atoms with Gasteiger partial charge >= 0.3 is 0 Å². The van der Waals surface area contributed by atoms with Gasteiger partial charge in [-0.05, 0) is 44.4 Å². The van der Waals surface area contributed by atoms with Crippen LogP contribution in [0.1, 0.15) is 33.6 Å². The number of aliphatic hydroxyl groups excluding tert-OH is 1. The van der Waals surface area contributed by atoms with Crippen molar-refractivity contribution in [3.8, 4) is 0 Å². The summed E-state index contributed by atoms with van der Waals surface area (Å²) in [5.74, 6) is 1.13. The van der Waals surface area contributed by atoms with Crippen molar-refractivity contribution < 1.29 is 10.2 Å². The molecule has 12 heavy (non-hydrogen) atoms. The van der Waals surface area contributed by atoms with E-state index in [0.29, 0.717) is 11.8 Å². The van der Waals surface area contributed by atoms with Crippen molar-refractivity contribution in [3.63, 3.8) is 0 Å². The van der Waals surface area contributed by atoms with Gasteiger partial charge in [0, 0.05) is 6.61 Å². The highest BCUT2D eigenvalue weighted by Crippen LogP contribution is 2.42. The molecule has 0 radical (unpaired) electrons. The van der Waals surface area contributed by atoms with Crippen molar-refractivity contribution in [2.45, 2.75) is 39.2 Å². The van der Waals surface area contributed by atoms with Gasteiger partial charge in [0.1, 0.15) is 0 Å². The van der Waals surface area contributed by atoms with E-state index >= 15 is 0 Å². The molecule has 3 atom stereocenters. The molecule has 1 aliphatic rings. The van der Waals surface area contributed by atoms with Gasteiger partial charge in [0.15, 0.2) is 0 Å². The number of rotatable bonds is 2. The molecule has 1 saturated carbocycles. The van der Waals surface area contributed by atoms with Gasteiger partial charge in [-0.1, -0.05) is 6.92 Å². The Bertz CT molecular complexity index is 148. The van der Waals surface area contributed by atoms with Crippen LogP contribution in [0.5, 0.6) is 0 Å². The fraction of sp³-hybridized carbons (Fsp3) is 1.00. The number of aliphatic hydroxyl groups is 2. The zero-order chi connectivity index (χ0) is 9.35. The second-order valence-electron chi connectivity index (χ2n) is 4.66. The van der Waals surface area contributed by atoms with Crippen molar-refractivity contribution in [2.75, 3.05) is 6.61 Å². The van der Waals surface area contributed by atoms with Gasteiger partial charge in [-0.25, -0.2) is 0 Å². The molecule has 0 spiro atoms. The molecule has 0 saturated heterocycles. The topological polar surface area (TPSA) is 40.5 Å². The molecule has 2 heteroatoms. The summed E-state index contributed by atoms with van der Waals surface area (Å²) in [7, 11) is 0. The Morgan fingerprint density at radius 3 is 2.25 bits per heavy atom. The fourth-order valence-corrected chi connectivity index (χ4v) is 2.45. The Kier molecular flexibility index (Phi) is 2.79. The minimum Gasteiger partial charge on any atom is -0.396 e. The highest BCUT2D eigenvalue weighted by Gasteiger charge is 2.40. The fourth-order valence-electron chi connectivity index (χ4n) is 2.45. The van der Waals surface area contributed by atoms with Crippen LogP contribution in [0.15, 0.2) is 0 Å². The van der Waals surface area contributed by atoms with Crippen LogP contribution >= 0.6 is 0 Å². The molecule has 0 aromatic carbocycles. The second kappa shape index (κ2) is 3.35. The average Bonchev–Trinajstić information content (AvgIpc) is 2.29. The van der Waals surface area contributed by atoms with Crippen LogP contribution in [0.3, 0.4) is 0 Å². The maximum atomic E-state index is 9.83. The van der Waals surface area contributed by atoms with Crippen molar-refractivity contribution in [3.05, 3.63) is 0 Å². The first-order valence-corrected chi connectivity index (χ1v) is 4.80. The zero-order valence-electron chi connectivity index (χ0n) is 8.25. The van der Waals surface area contributed by atoms with Gasteiger partial charge in [-0.15, -0.1) is 0 Å². The van der Waals surface area contributed by atoms with Crippen LogP contribution in [-0.4, -0.2) is 22.4 Å². The van der Waals surface area contributed by atoms with E-state index in [4.69, 9.17) is 5.11 Å². The summed E-state index contributed by atoms with van der Waals surface area (Å²) in [6.07, 6.45) is 2.19. The van der Waals surface area contributed by atoms with E-state index in [0.717, 1.165) is 12.8 Å². The molecule has 2 nitrogen and oxygen atoms in total. The third-order valence-electron chi connectivity index (χ3n) is 3.30. The van der Waals surface area contributed by atoms with Gasteiger partial charge in [-0.2, -0.15) is 0 Å². The molecule has 0 unspecified atom stereocenters. The highest BCUT2D eigenvalue weighted by molar-refractivity contribution is 4.90. The normalized spacial score (nSPS) is 37.2. The summed E-state index contributed by atoms with van der Waals surface area (Å²) in [6, 6.07) is 0. The monoisotopic (exact) mass is 172 g/mol. The Hall–Kier alpha value is -0.0800. The molecule has 0 amide bonds. The molecule has 1 rings (SSSR count). The first-order chi connectivity index (χ1) is 5.46. The van der Waals surface area contributed by atoms with Crippen molar-refractivity contribution in [2.24, 2.45) is 17.8 Å². The van der Waals surface area contributed by atoms with E-state index in [1.54, 1.807) is 0 Å². The highest BCUT2D eigenvalue weighted by atomic mass is 16.3. The first kappa shape index (κ1) is 10.0. The quantitative estimate of drug-likeness (QED) is 0.661. The standard InChI is InChI=1S/C10H20O2/c1-7-4-5-9(8(7)6-11)10(2,3)12/h7-9,11-12H,4-6H2,1-3H3/t7-,8-,9+/m1/s1. The molecule has 0 aromatic heterocycles. The van der Waals surface area contributed by atoms with Crippen LogP contribution in [0.25, 0.3) is 0 Å². The molecule has 72 valence electrons. The van der Waals surface area contributed by atoms with E-state index in [2.05, 4.69) is 6.92 Å². The maximum Gasteiger partial charge on any atom is 0.0623 e. The molecule has 0 bridgehead atoms. The Morgan fingerprint density at radius 1 is 1.33 bits per heavy atom. The zero-order valence-corrected chi connectivity index (χ0v) is 8.25. The molecule has 0 aliphatic heterocycles. The molecular weight excluding hydrogens is 152 g/mol. The number of hydrogen-bond donors (Lipinski definition) is 2. The van der Waals surface area contributed by atoms with Crippen LogP contribution < -0.4 is 0 Å². The molecule has 2 N–H and O–H groups in total. The summed E-state index contributed by atoms with van der Waals surface area (Å²) in [6.45, 7) is 6.07. The Balaban J connectivity index is 2.67. The minimum atomic E-state index is -0.627. The molecule has 1 fully saturated rings. The van der Waals surface area contributed by atoms with Crippen molar-refractivity contribution in [1.29, 1.82) is 0 Å². The lowest BCUT2D eigenvalue weighted by Gasteiger charge is -2.31. The Morgan fingerprint density at radius 2 is 1.92 bits per heavy atom. The lowest BCUT2D eigenvalue weighted by molar-refractivity contribution is -0.0168. The van der Waals surface area contributed by atoms with Crippen molar-refractivity contribution in [1.82, 2.24) is 0 Å². The molecule has 0 heterocycles. The summed E-state index contributed by atoms with van der Waals surface area (Å²) in [5.41, 5.74) is -0.627. The summed E-state index contributed by atoms with van der Waals surface area (Å²) >= 11 is 0. The molecular formula is C10H20O2. The summed E-state index contributed by atoms with van der Waals surface area (Å²) in [5, 5.41) is 19.0. The maximum absolute atomic E-state index is 9.83. The average molecular weight is 172 g/mol. The third-order valence-corrected chi connectivity index (χ3v) is 3.30. The lowest BCUT2D eigenvalue weighted by Crippen LogP contribution is -2.35. The van der Waals surface area contributed by atoms with Gasteiger partial charge in [0.05, 0.1) is 5.60 Å². The summed E-state index contributed by atoms with van der Waals surface area (Å²) < 4.78 is 0. The SMILES string of the molecule is C[C@@H]1CC[C@H](C(C)(C)O)[C@@H]1CO. The van der Waals surface area contributed by atoms with E-state index in [-0.39, 0.29) is 12.5 Å². The molecule has 0 aromatic rings. The minimum absolute atomic E-state index is 0.218. The van der Waals surface area contributed by atoms with Crippen LogP contribution in [0.2, 0.25) is 0 Å². The van der Waals surface area contributed by atoms with E-state index < -0.39 is 5.60 Å².